The number of nitrogens with zero attached hydrogens (tertiary/aromatic N) is 2. The number of methoxy groups -OCH3 is 1. The highest BCUT2D eigenvalue weighted by atomic mass is 35.5. The van der Waals surface area contributed by atoms with Gasteiger partial charge in [0.05, 0.1) is 18.2 Å². The molecule has 0 bridgehead atoms. The molecule has 3 aliphatic rings. The highest BCUT2D eigenvalue weighted by Crippen LogP contribution is 2.47. The third-order valence-electron chi connectivity index (χ3n) is 8.56. The number of H-pyrrole nitrogens is 1. The number of aromatic amines is 1. The number of ketones is 1. The molecule has 1 spiro atoms. The van der Waals surface area contributed by atoms with E-state index in [0.717, 1.165) is 38.5 Å². The summed E-state index contributed by atoms with van der Waals surface area (Å²) in [4.78, 5) is 44.3. The zero-order valence-corrected chi connectivity index (χ0v) is 21.9. The number of hydrogen-bond acceptors (Lipinski definition) is 5. The smallest absolute Gasteiger partial charge is 0.271 e. The van der Waals surface area contributed by atoms with Gasteiger partial charge in [-0.2, -0.15) is 5.26 Å². The number of Topliss-reactive ketones (excluding diaryl/α,β-unsaturated/α-hetero) is 1. The standard InChI is InChI=1S/C28H33ClN4O4/c1-37-24-9-8-20-19(25(24)29)13-21(32-20)27(36)33-16-28(10-3-2-4-11-28)14-22(33)26(35)31-18(15-30)12-17-6-5-7-23(17)34/h8-9,13,17-18,22,32H,2-7,10-12,14,16H2,1H3,(H,31,35). The van der Waals surface area contributed by atoms with Crippen molar-refractivity contribution in [2.24, 2.45) is 11.3 Å². The Morgan fingerprint density at radius 1 is 1.30 bits per heavy atom. The lowest BCUT2D eigenvalue weighted by molar-refractivity contribution is -0.126. The summed E-state index contributed by atoms with van der Waals surface area (Å²) in [5.41, 5.74) is 0.989. The van der Waals surface area contributed by atoms with Gasteiger partial charge in [-0.15, -0.1) is 0 Å². The van der Waals surface area contributed by atoms with Crippen molar-refractivity contribution in [2.75, 3.05) is 13.7 Å². The molecule has 2 N–H and O–H groups in total. The third-order valence-corrected chi connectivity index (χ3v) is 8.95. The zero-order valence-electron chi connectivity index (χ0n) is 21.1. The van der Waals surface area contributed by atoms with Gasteiger partial charge in [-0.3, -0.25) is 14.4 Å². The number of nitrogens with one attached hydrogen (secondary N) is 2. The van der Waals surface area contributed by atoms with Gasteiger partial charge in [-0.25, -0.2) is 0 Å². The monoisotopic (exact) mass is 524 g/mol. The molecule has 9 heteroatoms. The zero-order chi connectivity index (χ0) is 26.2. The van der Waals surface area contributed by atoms with E-state index in [1.54, 1.807) is 24.1 Å². The number of hydrogen-bond donors (Lipinski definition) is 2. The Bertz CT molecular complexity index is 1260. The van der Waals surface area contributed by atoms with Gasteiger partial charge in [0.2, 0.25) is 5.91 Å². The minimum absolute atomic E-state index is 0.0909. The van der Waals surface area contributed by atoms with Crippen molar-refractivity contribution >= 4 is 40.1 Å². The van der Waals surface area contributed by atoms with E-state index in [4.69, 9.17) is 16.3 Å². The minimum atomic E-state index is -0.751. The summed E-state index contributed by atoms with van der Waals surface area (Å²) in [5, 5.41) is 13.7. The Kier molecular flexibility index (Phi) is 7.17. The Balaban J connectivity index is 1.39. The number of halogens is 1. The number of benzene rings is 1. The van der Waals surface area contributed by atoms with Crippen LogP contribution < -0.4 is 10.1 Å². The highest BCUT2D eigenvalue weighted by molar-refractivity contribution is 6.37. The van der Waals surface area contributed by atoms with Gasteiger partial charge < -0.3 is 19.9 Å². The van der Waals surface area contributed by atoms with E-state index in [-0.39, 0.29) is 28.9 Å². The van der Waals surface area contributed by atoms with Gasteiger partial charge in [0, 0.05) is 29.8 Å². The number of ether oxygens (including phenoxy) is 1. The molecule has 2 heterocycles. The molecule has 1 aromatic heterocycles. The minimum Gasteiger partial charge on any atom is -0.495 e. The first kappa shape index (κ1) is 25.6. The van der Waals surface area contributed by atoms with Crippen molar-refractivity contribution < 1.29 is 19.1 Å². The number of nitriles is 1. The van der Waals surface area contributed by atoms with E-state index < -0.39 is 12.1 Å². The van der Waals surface area contributed by atoms with E-state index in [9.17, 15) is 19.6 Å². The maximum Gasteiger partial charge on any atom is 0.271 e. The van der Waals surface area contributed by atoms with Crippen molar-refractivity contribution in [2.45, 2.75) is 76.3 Å². The lowest BCUT2D eigenvalue weighted by atomic mass is 9.72. The molecule has 1 aromatic carbocycles. The van der Waals surface area contributed by atoms with Crippen LogP contribution in [0.1, 0.15) is 74.7 Å². The molecule has 2 aromatic rings. The number of carbonyl (C=O) groups excluding carboxylic acids is 3. The number of likely N-dealkylation sites (tertiary alicyclic amines) is 1. The molecular weight excluding hydrogens is 492 g/mol. The summed E-state index contributed by atoms with van der Waals surface area (Å²) >= 11 is 6.48. The normalized spacial score (nSPS) is 23.8. The van der Waals surface area contributed by atoms with Crippen LogP contribution in [-0.2, 0) is 9.59 Å². The molecule has 5 rings (SSSR count). The number of amides is 2. The summed E-state index contributed by atoms with van der Waals surface area (Å²) < 4.78 is 5.31. The number of carbonyl (C=O) groups is 3. The molecule has 2 amide bonds. The lowest BCUT2D eigenvalue weighted by Gasteiger charge is -2.32. The number of fused-ring (bicyclic) bond motifs is 1. The van der Waals surface area contributed by atoms with E-state index in [0.29, 0.717) is 53.2 Å². The summed E-state index contributed by atoms with van der Waals surface area (Å²) in [7, 11) is 1.54. The molecule has 1 saturated heterocycles. The second-order valence-electron chi connectivity index (χ2n) is 10.9. The van der Waals surface area contributed by atoms with Gasteiger partial charge in [0.25, 0.3) is 5.91 Å². The van der Waals surface area contributed by atoms with E-state index in [1.165, 1.54) is 6.42 Å². The average Bonchev–Trinajstić information content (AvgIpc) is 3.62. The van der Waals surface area contributed by atoms with Crippen molar-refractivity contribution in [3.05, 3.63) is 28.9 Å². The fraction of sp³-hybridized carbons (Fsp3) is 0.571. The molecule has 3 unspecified atom stereocenters. The van der Waals surface area contributed by atoms with Gasteiger partial charge in [-0.05, 0) is 62.1 Å². The number of rotatable bonds is 6. The molecular formula is C28H33ClN4O4. The second kappa shape index (κ2) is 10.4. The first-order valence-corrected chi connectivity index (χ1v) is 13.6. The quantitative estimate of drug-likeness (QED) is 0.565. The van der Waals surface area contributed by atoms with Gasteiger partial charge >= 0.3 is 0 Å². The SMILES string of the molecule is COc1ccc2[nH]c(C(=O)N3CC4(CCCCC4)CC3C(=O)NC(C#N)CC3CCCC3=O)cc2c1Cl. The summed E-state index contributed by atoms with van der Waals surface area (Å²) in [6, 6.07) is 6.02. The van der Waals surface area contributed by atoms with E-state index in [2.05, 4.69) is 16.4 Å². The molecule has 2 aliphatic carbocycles. The van der Waals surface area contributed by atoms with Gasteiger partial charge in [-0.1, -0.05) is 30.9 Å². The molecule has 37 heavy (non-hydrogen) atoms. The van der Waals surface area contributed by atoms with Crippen LogP contribution in [0.15, 0.2) is 18.2 Å². The Labute approximate surface area is 221 Å². The Morgan fingerprint density at radius 3 is 2.76 bits per heavy atom. The summed E-state index contributed by atoms with van der Waals surface area (Å²) in [6.45, 7) is 0.509. The molecule has 2 saturated carbocycles. The lowest BCUT2D eigenvalue weighted by Crippen LogP contribution is -2.49. The predicted octanol–water partition coefficient (Wildman–Crippen LogP) is 4.76. The van der Waals surface area contributed by atoms with Crippen LogP contribution in [0.5, 0.6) is 5.75 Å². The van der Waals surface area contributed by atoms with Crippen LogP contribution in [0.4, 0.5) is 0 Å². The number of aromatic nitrogens is 1. The topological polar surface area (TPSA) is 115 Å². The second-order valence-corrected chi connectivity index (χ2v) is 11.3. The molecule has 8 nitrogen and oxygen atoms in total. The Morgan fingerprint density at radius 2 is 2.08 bits per heavy atom. The highest BCUT2D eigenvalue weighted by Gasteiger charge is 2.49. The molecule has 0 radical (unpaired) electrons. The maximum absolute atomic E-state index is 13.8. The first-order chi connectivity index (χ1) is 17.8. The predicted molar refractivity (Wildman–Crippen MR) is 139 cm³/mol. The van der Waals surface area contributed by atoms with Crippen molar-refractivity contribution in [3.63, 3.8) is 0 Å². The van der Waals surface area contributed by atoms with Gasteiger partial charge in [0.1, 0.15) is 29.3 Å². The van der Waals surface area contributed by atoms with Crippen molar-refractivity contribution in [3.8, 4) is 11.8 Å². The van der Waals surface area contributed by atoms with Crippen LogP contribution in [0.2, 0.25) is 5.02 Å². The molecule has 3 atom stereocenters. The largest absolute Gasteiger partial charge is 0.495 e. The molecule has 3 fully saturated rings. The van der Waals surface area contributed by atoms with Gasteiger partial charge in [0.15, 0.2) is 0 Å². The Hall–Kier alpha value is -3.05. The van der Waals surface area contributed by atoms with Crippen molar-refractivity contribution in [1.82, 2.24) is 15.2 Å². The fourth-order valence-corrected chi connectivity index (χ4v) is 6.87. The van der Waals surface area contributed by atoms with Crippen LogP contribution in [0, 0.1) is 22.7 Å². The van der Waals surface area contributed by atoms with Crippen LogP contribution >= 0.6 is 11.6 Å². The molecule has 196 valence electrons. The van der Waals surface area contributed by atoms with Crippen molar-refractivity contribution in [1.29, 1.82) is 5.26 Å². The average molecular weight is 525 g/mol. The third kappa shape index (κ3) is 4.94. The summed E-state index contributed by atoms with van der Waals surface area (Å²) in [6.07, 6.45) is 8.36. The van der Waals surface area contributed by atoms with Crippen LogP contribution in [0.3, 0.4) is 0 Å². The van der Waals surface area contributed by atoms with E-state index in [1.807, 2.05) is 6.07 Å². The van der Waals surface area contributed by atoms with Crippen LogP contribution in [-0.4, -0.2) is 53.2 Å². The van der Waals surface area contributed by atoms with Crippen LogP contribution in [0.25, 0.3) is 10.9 Å². The fourth-order valence-electron chi connectivity index (χ4n) is 6.58. The first-order valence-electron chi connectivity index (χ1n) is 13.2. The van der Waals surface area contributed by atoms with E-state index >= 15 is 0 Å². The molecule has 1 aliphatic heterocycles. The maximum atomic E-state index is 13.8. The summed E-state index contributed by atoms with van der Waals surface area (Å²) in [5.74, 6) is -0.0570.